The lowest BCUT2D eigenvalue weighted by molar-refractivity contribution is 0.0992. The van der Waals surface area contributed by atoms with Gasteiger partial charge in [-0.25, -0.2) is 0 Å². The second-order valence-electron chi connectivity index (χ2n) is 6.50. The number of rotatable bonds is 8. The van der Waals surface area contributed by atoms with Crippen LogP contribution in [0, 0.1) is 5.92 Å². The van der Waals surface area contributed by atoms with Gasteiger partial charge in [0.1, 0.15) is 0 Å². The Bertz CT molecular complexity index is 338. The van der Waals surface area contributed by atoms with Gasteiger partial charge in [0.2, 0.25) is 0 Å². The number of unbranched alkanes of at least 4 members (excludes halogenated alkanes) is 1. The summed E-state index contributed by atoms with van der Waals surface area (Å²) in [6, 6.07) is 0.456. The van der Waals surface area contributed by atoms with Crippen LogP contribution in [0.1, 0.15) is 65.7 Å². The van der Waals surface area contributed by atoms with E-state index < -0.39 is 0 Å². The highest BCUT2D eigenvalue weighted by Crippen LogP contribution is 2.34. The van der Waals surface area contributed by atoms with Crippen LogP contribution in [0.3, 0.4) is 0 Å². The van der Waals surface area contributed by atoms with Crippen molar-refractivity contribution in [2.24, 2.45) is 10.9 Å². The molecule has 0 amide bonds. The predicted molar refractivity (Wildman–Crippen MR) is 104 cm³/mol. The lowest BCUT2D eigenvalue weighted by atomic mass is 9.96. The number of nitrogens with zero attached hydrogens (tertiary/aromatic N) is 1. The summed E-state index contributed by atoms with van der Waals surface area (Å²) in [7, 11) is 0. The molecular weight excluding hydrogens is 389 g/mol. The molecule has 0 aliphatic carbocycles. The Kier molecular flexibility index (Phi) is 9.71. The van der Waals surface area contributed by atoms with Gasteiger partial charge in [-0.1, -0.05) is 33.1 Å². The lowest BCUT2D eigenvalue weighted by Gasteiger charge is -2.23. The fourth-order valence-corrected chi connectivity index (χ4v) is 3.42. The Labute approximate surface area is 153 Å². The summed E-state index contributed by atoms with van der Waals surface area (Å²) in [5.74, 6) is 1.70. The molecule has 2 bridgehead atoms. The van der Waals surface area contributed by atoms with Gasteiger partial charge < -0.3 is 15.4 Å². The quantitative estimate of drug-likeness (QED) is 0.356. The van der Waals surface area contributed by atoms with Crippen LogP contribution in [0.5, 0.6) is 0 Å². The molecule has 0 aromatic rings. The first-order chi connectivity index (χ1) is 10.3. The Morgan fingerprint density at radius 2 is 2.09 bits per heavy atom. The zero-order chi connectivity index (χ0) is 15.1. The number of nitrogens with one attached hydrogen (secondary N) is 2. The van der Waals surface area contributed by atoms with Gasteiger partial charge in [-0.15, -0.1) is 24.0 Å². The van der Waals surface area contributed by atoms with Crippen LogP contribution < -0.4 is 10.6 Å². The largest absolute Gasteiger partial charge is 0.373 e. The monoisotopic (exact) mass is 423 g/mol. The molecule has 130 valence electrons. The Morgan fingerprint density at radius 1 is 1.27 bits per heavy atom. The number of halogens is 1. The van der Waals surface area contributed by atoms with Gasteiger partial charge in [0.15, 0.2) is 5.96 Å². The number of fused-ring (bicyclic) bond motifs is 2. The average molecular weight is 423 g/mol. The first-order valence-electron chi connectivity index (χ1n) is 8.97. The van der Waals surface area contributed by atoms with Crippen LogP contribution in [0.25, 0.3) is 0 Å². The van der Waals surface area contributed by atoms with Crippen LogP contribution in [0.4, 0.5) is 0 Å². The molecule has 2 rings (SSSR count). The highest BCUT2D eigenvalue weighted by Gasteiger charge is 2.41. The Hall–Kier alpha value is -0.0400. The summed E-state index contributed by atoms with van der Waals surface area (Å²) in [6.45, 7) is 8.52. The first-order valence-corrected chi connectivity index (χ1v) is 8.97. The highest BCUT2D eigenvalue weighted by molar-refractivity contribution is 14.0. The molecule has 2 aliphatic heterocycles. The summed E-state index contributed by atoms with van der Waals surface area (Å²) in [4.78, 5) is 4.82. The molecule has 0 aromatic heterocycles. The number of hydrogen-bond donors (Lipinski definition) is 2. The zero-order valence-electron chi connectivity index (χ0n) is 14.4. The molecule has 2 aliphatic rings. The van der Waals surface area contributed by atoms with E-state index in [9.17, 15) is 0 Å². The fourth-order valence-electron chi connectivity index (χ4n) is 3.42. The van der Waals surface area contributed by atoms with E-state index >= 15 is 0 Å². The van der Waals surface area contributed by atoms with Gasteiger partial charge in [-0.05, 0) is 38.5 Å². The van der Waals surface area contributed by atoms with Crippen LogP contribution in [0.15, 0.2) is 4.99 Å². The van der Waals surface area contributed by atoms with Crippen molar-refractivity contribution >= 4 is 29.9 Å². The van der Waals surface area contributed by atoms with E-state index in [0.717, 1.165) is 31.4 Å². The third-order valence-corrected chi connectivity index (χ3v) is 4.82. The maximum atomic E-state index is 5.92. The molecule has 0 spiro atoms. The first kappa shape index (κ1) is 20.0. The number of aliphatic imine (C=N–C) groups is 1. The van der Waals surface area contributed by atoms with Gasteiger partial charge in [0.25, 0.3) is 0 Å². The van der Waals surface area contributed by atoms with Crippen LogP contribution >= 0.6 is 24.0 Å². The molecule has 0 saturated carbocycles. The minimum absolute atomic E-state index is 0. The maximum absolute atomic E-state index is 5.92. The van der Waals surface area contributed by atoms with Gasteiger partial charge in [-0.2, -0.15) is 0 Å². The molecule has 5 heteroatoms. The van der Waals surface area contributed by atoms with Crippen LogP contribution in [-0.2, 0) is 4.74 Å². The molecule has 0 aromatic carbocycles. The van der Waals surface area contributed by atoms with Gasteiger partial charge in [-0.3, -0.25) is 4.99 Å². The molecule has 2 N–H and O–H groups in total. The third kappa shape index (κ3) is 5.87. The Morgan fingerprint density at radius 3 is 2.64 bits per heavy atom. The third-order valence-electron chi connectivity index (χ3n) is 4.82. The molecule has 4 nitrogen and oxygen atoms in total. The molecule has 0 radical (unpaired) electrons. The maximum Gasteiger partial charge on any atom is 0.191 e. The van der Waals surface area contributed by atoms with E-state index in [0.29, 0.717) is 18.2 Å². The van der Waals surface area contributed by atoms with Crippen molar-refractivity contribution in [2.45, 2.75) is 84.0 Å². The molecule has 2 fully saturated rings. The predicted octanol–water partition coefficient (Wildman–Crippen LogP) is 3.70. The SMILES string of the molecule is CCCCC(CC)CN=C(NCC)NC1CC2CCC1O2.I. The standard InChI is InChI=1S/C17H33N3O.HI/c1-4-7-8-13(5-2)12-19-17(18-6-3)20-15-11-14-9-10-16(15)21-14;/h13-16H,4-12H2,1-3H3,(H2,18,19,20);1H. The van der Waals surface area contributed by atoms with Crippen molar-refractivity contribution in [3.05, 3.63) is 0 Å². The smallest absolute Gasteiger partial charge is 0.191 e. The number of ether oxygens (including phenoxy) is 1. The number of hydrogen-bond acceptors (Lipinski definition) is 2. The highest BCUT2D eigenvalue weighted by atomic mass is 127. The minimum Gasteiger partial charge on any atom is -0.373 e. The lowest BCUT2D eigenvalue weighted by Crippen LogP contribution is -2.47. The van der Waals surface area contributed by atoms with E-state index in [1.54, 1.807) is 0 Å². The molecule has 2 heterocycles. The van der Waals surface area contributed by atoms with Crippen molar-refractivity contribution in [3.63, 3.8) is 0 Å². The molecule has 22 heavy (non-hydrogen) atoms. The minimum atomic E-state index is 0. The summed E-state index contributed by atoms with van der Waals surface area (Å²) in [6.07, 6.45) is 9.60. The fraction of sp³-hybridized carbons (Fsp3) is 0.941. The van der Waals surface area contributed by atoms with Crippen molar-refractivity contribution in [1.82, 2.24) is 10.6 Å². The molecule has 2 saturated heterocycles. The Balaban J connectivity index is 0.00000242. The summed E-state index contributed by atoms with van der Waals surface area (Å²) >= 11 is 0. The van der Waals surface area contributed by atoms with Crippen molar-refractivity contribution in [3.8, 4) is 0 Å². The van der Waals surface area contributed by atoms with E-state index in [-0.39, 0.29) is 24.0 Å². The summed E-state index contributed by atoms with van der Waals surface area (Å²) in [5.41, 5.74) is 0. The van der Waals surface area contributed by atoms with Crippen molar-refractivity contribution in [1.29, 1.82) is 0 Å². The molecular formula is C17H34IN3O. The zero-order valence-corrected chi connectivity index (χ0v) is 16.8. The summed E-state index contributed by atoms with van der Waals surface area (Å²) < 4.78 is 5.92. The van der Waals surface area contributed by atoms with Crippen molar-refractivity contribution < 1.29 is 4.74 Å². The normalized spacial score (nSPS) is 28.3. The molecule has 4 atom stereocenters. The van der Waals surface area contributed by atoms with E-state index in [1.807, 2.05) is 0 Å². The second-order valence-corrected chi connectivity index (χ2v) is 6.50. The van der Waals surface area contributed by atoms with Gasteiger partial charge in [0.05, 0.1) is 18.2 Å². The topological polar surface area (TPSA) is 45.7 Å². The second kappa shape index (κ2) is 10.7. The van der Waals surface area contributed by atoms with E-state index in [4.69, 9.17) is 9.73 Å². The summed E-state index contributed by atoms with van der Waals surface area (Å²) in [5, 5.41) is 6.99. The number of guanidine groups is 1. The van der Waals surface area contributed by atoms with Gasteiger partial charge in [0, 0.05) is 13.1 Å². The van der Waals surface area contributed by atoms with Crippen LogP contribution in [-0.4, -0.2) is 37.3 Å². The van der Waals surface area contributed by atoms with E-state index in [1.165, 1.54) is 38.5 Å². The average Bonchev–Trinajstić information content (AvgIpc) is 3.10. The van der Waals surface area contributed by atoms with Gasteiger partial charge >= 0.3 is 0 Å². The van der Waals surface area contributed by atoms with Crippen LogP contribution in [0.2, 0.25) is 0 Å². The van der Waals surface area contributed by atoms with Crippen molar-refractivity contribution in [2.75, 3.05) is 13.1 Å². The molecule has 4 unspecified atom stereocenters. The van der Waals surface area contributed by atoms with E-state index in [2.05, 4.69) is 31.4 Å².